The van der Waals surface area contributed by atoms with Crippen LogP contribution in [-0.4, -0.2) is 22.8 Å². The van der Waals surface area contributed by atoms with Crippen LogP contribution in [0.1, 0.15) is 32.8 Å². The molecule has 1 atom stereocenters. The fraction of sp³-hybridized carbons (Fsp3) is 0.467. The Hall–Kier alpha value is -1.76. The molecule has 0 heterocycles. The van der Waals surface area contributed by atoms with Crippen molar-refractivity contribution in [2.24, 2.45) is 5.92 Å². The third kappa shape index (κ3) is 5.22. The smallest absolute Gasteiger partial charge is 0.316 e. The fourth-order valence-electron chi connectivity index (χ4n) is 2.02. The Morgan fingerprint density at radius 2 is 2.00 bits per heavy atom. The minimum atomic E-state index is -0.898. The molecule has 0 N–H and O–H groups in total. The Morgan fingerprint density at radius 3 is 2.50 bits per heavy atom. The van der Waals surface area contributed by atoms with Crippen molar-refractivity contribution in [1.82, 2.24) is 0 Å². The zero-order valence-corrected chi connectivity index (χ0v) is 14.3. The molecular formula is C15H18BrNO5. The first-order valence-electron chi connectivity index (χ1n) is 6.86. The van der Waals surface area contributed by atoms with Gasteiger partial charge in [0.05, 0.1) is 11.0 Å². The summed E-state index contributed by atoms with van der Waals surface area (Å²) in [6.45, 7) is 4.73. The van der Waals surface area contributed by atoms with Crippen molar-refractivity contribution in [3.05, 3.63) is 38.3 Å². The maximum Gasteiger partial charge on any atom is 0.316 e. The highest BCUT2D eigenvalue weighted by atomic mass is 79.9. The molecule has 1 aromatic carbocycles. The summed E-state index contributed by atoms with van der Waals surface area (Å²) in [4.78, 5) is 34.1. The topological polar surface area (TPSA) is 86.5 Å². The molecule has 22 heavy (non-hydrogen) atoms. The number of carbonyl (C=O) groups is 2. The van der Waals surface area contributed by atoms with E-state index in [0.717, 1.165) is 0 Å². The molecule has 0 fully saturated rings. The number of Topliss-reactive ketones (excluding diaryl/α,β-unsaturated/α-hetero) is 1. The zero-order valence-electron chi connectivity index (χ0n) is 12.7. The number of hydrogen-bond acceptors (Lipinski definition) is 5. The lowest BCUT2D eigenvalue weighted by atomic mass is 9.95. The maximum absolute atomic E-state index is 11.9. The van der Waals surface area contributed by atoms with Gasteiger partial charge in [0.15, 0.2) is 0 Å². The van der Waals surface area contributed by atoms with Gasteiger partial charge in [0.1, 0.15) is 11.7 Å². The molecule has 0 saturated carbocycles. The summed E-state index contributed by atoms with van der Waals surface area (Å²) in [7, 11) is 0. The average Bonchev–Trinajstić information content (AvgIpc) is 2.38. The molecule has 0 aliphatic rings. The van der Waals surface area contributed by atoms with E-state index in [1.807, 2.05) is 0 Å². The van der Waals surface area contributed by atoms with Crippen molar-refractivity contribution in [1.29, 1.82) is 0 Å². The first kappa shape index (κ1) is 18.3. The fourth-order valence-corrected chi connectivity index (χ4v) is 2.37. The third-order valence-electron chi connectivity index (χ3n) is 3.07. The summed E-state index contributed by atoms with van der Waals surface area (Å²) in [6.07, 6.45) is 0.126. The lowest BCUT2D eigenvalue weighted by molar-refractivity contribution is -0.385. The van der Waals surface area contributed by atoms with Crippen molar-refractivity contribution in [2.75, 3.05) is 0 Å². The van der Waals surface area contributed by atoms with Gasteiger partial charge in [0, 0.05) is 16.1 Å². The van der Waals surface area contributed by atoms with Crippen molar-refractivity contribution in [3.63, 3.8) is 0 Å². The molecule has 120 valence electrons. The van der Waals surface area contributed by atoms with Crippen LogP contribution in [0.4, 0.5) is 5.69 Å². The van der Waals surface area contributed by atoms with Crippen LogP contribution in [0.2, 0.25) is 0 Å². The average molecular weight is 372 g/mol. The number of ketones is 1. The van der Waals surface area contributed by atoms with Crippen LogP contribution >= 0.6 is 15.9 Å². The van der Waals surface area contributed by atoms with Gasteiger partial charge in [-0.05, 0) is 39.7 Å². The highest BCUT2D eigenvalue weighted by Gasteiger charge is 2.26. The lowest BCUT2D eigenvalue weighted by Gasteiger charge is -2.15. The largest absolute Gasteiger partial charge is 0.462 e. The van der Waals surface area contributed by atoms with E-state index in [-0.39, 0.29) is 30.4 Å². The van der Waals surface area contributed by atoms with Gasteiger partial charge in [-0.3, -0.25) is 19.7 Å². The predicted octanol–water partition coefficient (Wildman–Crippen LogP) is 3.45. The van der Waals surface area contributed by atoms with Gasteiger partial charge < -0.3 is 4.74 Å². The predicted molar refractivity (Wildman–Crippen MR) is 84.5 cm³/mol. The second kappa shape index (κ2) is 8.03. The standard InChI is InChI=1S/C15H18BrNO5/c1-9(2)22-15(19)13(10(3)18)7-5-11-4-6-12(16)8-14(11)17(20)21/h4,6,8-9,13H,5,7H2,1-3H3. The second-order valence-corrected chi connectivity index (χ2v) is 6.13. The van der Waals surface area contributed by atoms with E-state index >= 15 is 0 Å². The van der Waals surface area contributed by atoms with Gasteiger partial charge in [0.2, 0.25) is 0 Å². The molecule has 1 unspecified atom stereocenters. The van der Waals surface area contributed by atoms with Crippen LogP contribution in [0.15, 0.2) is 22.7 Å². The van der Waals surface area contributed by atoms with Gasteiger partial charge >= 0.3 is 5.97 Å². The van der Waals surface area contributed by atoms with Crippen molar-refractivity contribution < 1.29 is 19.2 Å². The summed E-state index contributed by atoms with van der Waals surface area (Å²) >= 11 is 3.19. The molecule has 0 spiro atoms. The normalized spacial score (nSPS) is 12.0. The summed E-state index contributed by atoms with van der Waals surface area (Å²) < 4.78 is 5.66. The maximum atomic E-state index is 11.9. The molecule has 0 bridgehead atoms. The van der Waals surface area contributed by atoms with Crippen molar-refractivity contribution in [3.8, 4) is 0 Å². The Kier molecular flexibility index (Phi) is 6.67. The number of hydrogen-bond donors (Lipinski definition) is 0. The molecule has 0 aliphatic heterocycles. The van der Waals surface area contributed by atoms with Gasteiger partial charge in [0.25, 0.3) is 5.69 Å². The van der Waals surface area contributed by atoms with E-state index in [1.54, 1.807) is 26.0 Å². The van der Waals surface area contributed by atoms with Crippen molar-refractivity contribution >= 4 is 33.4 Å². The number of nitrogens with zero attached hydrogens (tertiary/aromatic N) is 1. The molecule has 7 heteroatoms. The molecule has 6 nitrogen and oxygen atoms in total. The summed E-state index contributed by atoms with van der Waals surface area (Å²) in [6, 6.07) is 4.72. The van der Waals surface area contributed by atoms with E-state index in [4.69, 9.17) is 4.74 Å². The van der Waals surface area contributed by atoms with Crippen LogP contribution in [0.5, 0.6) is 0 Å². The first-order valence-corrected chi connectivity index (χ1v) is 7.65. The van der Waals surface area contributed by atoms with Crippen LogP contribution < -0.4 is 0 Å². The van der Waals surface area contributed by atoms with E-state index < -0.39 is 16.8 Å². The Labute approximate surface area is 137 Å². The number of aryl methyl sites for hydroxylation is 1. The number of carbonyl (C=O) groups excluding carboxylic acids is 2. The first-order chi connectivity index (χ1) is 10.2. The Balaban J connectivity index is 2.88. The minimum Gasteiger partial charge on any atom is -0.462 e. The van der Waals surface area contributed by atoms with Crippen molar-refractivity contribution in [2.45, 2.75) is 39.7 Å². The molecule has 0 radical (unpaired) electrons. The van der Waals surface area contributed by atoms with E-state index in [0.29, 0.717) is 10.0 Å². The van der Waals surface area contributed by atoms with Gasteiger partial charge in [-0.2, -0.15) is 0 Å². The Morgan fingerprint density at radius 1 is 1.36 bits per heavy atom. The number of ether oxygens (including phenoxy) is 1. The highest BCUT2D eigenvalue weighted by molar-refractivity contribution is 9.10. The molecule has 0 aromatic heterocycles. The minimum absolute atomic E-state index is 0.0334. The number of nitro benzene ring substituents is 1. The molecular weight excluding hydrogens is 354 g/mol. The van der Waals surface area contributed by atoms with E-state index in [9.17, 15) is 19.7 Å². The van der Waals surface area contributed by atoms with Crippen LogP contribution in [-0.2, 0) is 20.7 Å². The number of halogens is 1. The van der Waals surface area contributed by atoms with Gasteiger partial charge in [-0.15, -0.1) is 0 Å². The quantitative estimate of drug-likeness (QED) is 0.317. The summed E-state index contributed by atoms with van der Waals surface area (Å²) in [5, 5.41) is 11.1. The number of esters is 1. The van der Waals surface area contributed by atoms with E-state index in [2.05, 4.69) is 15.9 Å². The van der Waals surface area contributed by atoms with Crippen LogP contribution in [0.25, 0.3) is 0 Å². The SMILES string of the molecule is CC(=O)C(CCc1ccc(Br)cc1[N+](=O)[O-])C(=O)OC(C)C. The second-order valence-electron chi connectivity index (χ2n) is 5.22. The molecule has 1 rings (SSSR count). The molecule has 0 amide bonds. The zero-order chi connectivity index (χ0) is 16.9. The van der Waals surface area contributed by atoms with E-state index in [1.165, 1.54) is 13.0 Å². The van der Waals surface area contributed by atoms with Crippen LogP contribution in [0, 0.1) is 16.0 Å². The number of benzene rings is 1. The Bertz CT molecular complexity index is 585. The number of rotatable bonds is 7. The van der Waals surface area contributed by atoms with Gasteiger partial charge in [-0.25, -0.2) is 0 Å². The summed E-state index contributed by atoms with van der Waals surface area (Å²) in [5.41, 5.74) is 0.450. The molecule has 1 aromatic rings. The monoisotopic (exact) mass is 371 g/mol. The highest BCUT2D eigenvalue weighted by Crippen LogP contribution is 2.26. The number of nitro groups is 1. The lowest BCUT2D eigenvalue weighted by Crippen LogP contribution is -2.27. The van der Waals surface area contributed by atoms with Gasteiger partial charge in [-0.1, -0.05) is 22.0 Å². The molecule has 0 saturated heterocycles. The van der Waals surface area contributed by atoms with Crippen LogP contribution in [0.3, 0.4) is 0 Å². The summed E-state index contributed by atoms with van der Waals surface area (Å²) in [5.74, 6) is -1.78. The third-order valence-corrected chi connectivity index (χ3v) is 3.57. The molecule has 0 aliphatic carbocycles.